The smallest absolute Gasteiger partial charge is 0.229 e. The first-order valence-electron chi connectivity index (χ1n) is 5.25. The summed E-state index contributed by atoms with van der Waals surface area (Å²) in [6.45, 7) is 2.06. The van der Waals surface area contributed by atoms with Crippen molar-refractivity contribution in [3.8, 4) is 16.9 Å². The lowest BCUT2D eigenvalue weighted by atomic mass is 9.99. The zero-order chi connectivity index (χ0) is 11.1. The first kappa shape index (κ1) is 9.27. The first-order valence-corrected chi connectivity index (χ1v) is 5.25. The van der Waals surface area contributed by atoms with Crippen molar-refractivity contribution in [2.75, 3.05) is 5.73 Å². The number of nitrogens with two attached hydrogens (primary N) is 1. The van der Waals surface area contributed by atoms with Crippen LogP contribution in [-0.2, 0) is 6.42 Å². The zero-order valence-electron chi connectivity index (χ0n) is 8.93. The highest BCUT2D eigenvalue weighted by Crippen LogP contribution is 2.38. The third-order valence-corrected chi connectivity index (χ3v) is 2.84. The molecule has 4 heteroatoms. The minimum atomic E-state index is 0.220. The van der Waals surface area contributed by atoms with Crippen molar-refractivity contribution in [3.05, 3.63) is 30.0 Å². The second-order valence-electron chi connectivity index (χ2n) is 4.02. The van der Waals surface area contributed by atoms with Gasteiger partial charge in [0.1, 0.15) is 11.9 Å². The average Bonchev–Trinajstić information content (AvgIpc) is 2.82. The van der Waals surface area contributed by atoms with Crippen molar-refractivity contribution in [2.24, 2.45) is 0 Å². The predicted octanol–water partition coefficient (Wildman–Crippen LogP) is 2.25. The second kappa shape index (κ2) is 3.27. The van der Waals surface area contributed by atoms with E-state index in [1.54, 1.807) is 6.20 Å². The van der Waals surface area contributed by atoms with Crippen molar-refractivity contribution in [3.63, 3.8) is 0 Å². The summed E-state index contributed by atoms with van der Waals surface area (Å²) in [6.07, 6.45) is 2.77. The van der Waals surface area contributed by atoms with Gasteiger partial charge in [-0.2, -0.15) is 0 Å². The minimum absolute atomic E-state index is 0.220. The molecule has 1 aromatic carbocycles. The summed E-state index contributed by atoms with van der Waals surface area (Å²) >= 11 is 0. The Balaban J connectivity index is 2.17. The molecule has 0 radical (unpaired) electrons. The van der Waals surface area contributed by atoms with Gasteiger partial charge in [-0.15, -0.1) is 0 Å². The molecule has 1 atom stereocenters. The third-order valence-electron chi connectivity index (χ3n) is 2.84. The molecule has 0 amide bonds. The molecular formula is C12H12N2O2. The van der Waals surface area contributed by atoms with Crippen LogP contribution in [0.2, 0.25) is 0 Å². The van der Waals surface area contributed by atoms with Gasteiger partial charge in [0.15, 0.2) is 0 Å². The van der Waals surface area contributed by atoms with E-state index in [1.807, 2.05) is 18.2 Å². The van der Waals surface area contributed by atoms with Gasteiger partial charge in [0.05, 0.1) is 11.8 Å². The summed E-state index contributed by atoms with van der Waals surface area (Å²) in [5, 5.41) is 3.70. The first-order chi connectivity index (χ1) is 7.75. The number of ether oxygens (including phenoxy) is 1. The SMILES string of the molecule is CC1Cc2c(cccc2-c2cnoc2N)O1. The molecular weight excluding hydrogens is 204 g/mol. The number of nitrogen functional groups attached to an aromatic ring is 1. The molecule has 3 rings (SSSR count). The third kappa shape index (κ3) is 1.26. The Labute approximate surface area is 93.0 Å². The predicted molar refractivity (Wildman–Crippen MR) is 60.1 cm³/mol. The fraction of sp³-hybridized carbons (Fsp3) is 0.250. The molecule has 0 bridgehead atoms. The van der Waals surface area contributed by atoms with E-state index < -0.39 is 0 Å². The zero-order valence-corrected chi connectivity index (χ0v) is 8.93. The number of hydrogen-bond acceptors (Lipinski definition) is 4. The molecule has 0 fully saturated rings. The lowest BCUT2D eigenvalue weighted by Gasteiger charge is -2.04. The van der Waals surface area contributed by atoms with Crippen LogP contribution in [0.5, 0.6) is 5.75 Å². The fourth-order valence-electron chi connectivity index (χ4n) is 2.14. The topological polar surface area (TPSA) is 61.3 Å². The number of hydrogen-bond donors (Lipinski definition) is 1. The summed E-state index contributed by atoms with van der Waals surface area (Å²) in [4.78, 5) is 0. The second-order valence-corrected chi connectivity index (χ2v) is 4.02. The Kier molecular flexibility index (Phi) is 1.89. The number of rotatable bonds is 1. The van der Waals surface area contributed by atoms with Crippen LogP contribution in [0.3, 0.4) is 0 Å². The highest BCUT2D eigenvalue weighted by Gasteiger charge is 2.23. The molecule has 0 saturated carbocycles. The van der Waals surface area contributed by atoms with E-state index in [9.17, 15) is 0 Å². The van der Waals surface area contributed by atoms with Gasteiger partial charge >= 0.3 is 0 Å². The molecule has 1 aliphatic heterocycles. The van der Waals surface area contributed by atoms with E-state index in [1.165, 1.54) is 5.56 Å². The van der Waals surface area contributed by atoms with Crippen LogP contribution in [0.4, 0.5) is 5.88 Å². The van der Waals surface area contributed by atoms with Crippen LogP contribution in [0.25, 0.3) is 11.1 Å². The van der Waals surface area contributed by atoms with Crippen LogP contribution < -0.4 is 10.5 Å². The van der Waals surface area contributed by atoms with Crippen molar-refractivity contribution < 1.29 is 9.26 Å². The van der Waals surface area contributed by atoms with Crippen molar-refractivity contribution in [2.45, 2.75) is 19.4 Å². The summed E-state index contributed by atoms with van der Waals surface area (Å²) in [6, 6.07) is 5.95. The van der Waals surface area contributed by atoms with E-state index in [0.29, 0.717) is 5.88 Å². The Morgan fingerprint density at radius 1 is 1.38 bits per heavy atom. The van der Waals surface area contributed by atoms with Gasteiger partial charge in [-0.25, -0.2) is 0 Å². The van der Waals surface area contributed by atoms with Gasteiger partial charge in [-0.1, -0.05) is 17.3 Å². The molecule has 1 unspecified atom stereocenters. The monoisotopic (exact) mass is 216 g/mol. The quantitative estimate of drug-likeness (QED) is 0.794. The Morgan fingerprint density at radius 2 is 2.25 bits per heavy atom. The van der Waals surface area contributed by atoms with E-state index in [-0.39, 0.29) is 6.10 Å². The van der Waals surface area contributed by atoms with Crippen LogP contribution in [0.15, 0.2) is 28.9 Å². The standard InChI is InChI=1S/C12H12N2O2/c1-7-5-9-8(3-2-4-11(9)15-7)10-6-14-16-12(10)13/h2-4,6-7H,5,13H2,1H3. The maximum Gasteiger partial charge on any atom is 0.229 e. The largest absolute Gasteiger partial charge is 0.490 e. The molecule has 16 heavy (non-hydrogen) atoms. The van der Waals surface area contributed by atoms with Crippen LogP contribution >= 0.6 is 0 Å². The molecule has 2 N–H and O–H groups in total. The number of nitrogens with zero attached hydrogens (tertiary/aromatic N) is 1. The van der Waals surface area contributed by atoms with E-state index in [0.717, 1.165) is 23.3 Å². The van der Waals surface area contributed by atoms with Gasteiger partial charge in [-0.3, -0.25) is 0 Å². The number of aromatic nitrogens is 1. The fourth-order valence-corrected chi connectivity index (χ4v) is 2.14. The summed E-state index contributed by atoms with van der Waals surface area (Å²) in [7, 11) is 0. The lowest BCUT2D eigenvalue weighted by molar-refractivity contribution is 0.254. The van der Waals surface area contributed by atoms with Crippen LogP contribution in [0.1, 0.15) is 12.5 Å². The minimum Gasteiger partial charge on any atom is -0.490 e. The number of anilines is 1. The molecule has 1 aromatic heterocycles. The van der Waals surface area contributed by atoms with E-state index in [2.05, 4.69) is 12.1 Å². The molecule has 82 valence electrons. The maximum absolute atomic E-state index is 5.73. The number of benzene rings is 1. The highest BCUT2D eigenvalue weighted by atomic mass is 16.5. The van der Waals surface area contributed by atoms with Crippen molar-refractivity contribution in [1.29, 1.82) is 0 Å². The summed E-state index contributed by atoms with van der Waals surface area (Å²) in [5.41, 5.74) is 8.81. The molecule has 2 heterocycles. The van der Waals surface area contributed by atoms with E-state index >= 15 is 0 Å². The van der Waals surface area contributed by atoms with Crippen LogP contribution in [-0.4, -0.2) is 11.3 Å². The Hall–Kier alpha value is -1.97. The molecule has 4 nitrogen and oxygen atoms in total. The van der Waals surface area contributed by atoms with Crippen molar-refractivity contribution in [1.82, 2.24) is 5.16 Å². The summed E-state index contributed by atoms with van der Waals surface area (Å²) in [5.74, 6) is 1.29. The highest BCUT2D eigenvalue weighted by molar-refractivity contribution is 5.77. The normalized spacial score (nSPS) is 18.2. The molecule has 2 aromatic rings. The number of fused-ring (bicyclic) bond motifs is 1. The van der Waals surface area contributed by atoms with Gasteiger partial charge in [0, 0.05) is 12.0 Å². The molecule has 0 aliphatic carbocycles. The van der Waals surface area contributed by atoms with Gasteiger partial charge in [-0.05, 0) is 18.6 Å². The average molecular weight is 216 g/mol. The molecule has 0 saturated heterocycles. The van der Waals surface area contributed by atoms with Crippen molar-refractivity contribution >= 4 is 5.88 Å². The van der Waals surface area contributed by atoms with E-state index in [4.69, 9.17) is 15.0 Å². The summed E-state index contributed by atoms with van der Waals surface area (Å²) < 4.78 is 10.6. The van der Waals surface area contributed by atoms with Crippen LogP contribution in [0, 0.1) is 0 Å². The van der Waals surface area contributed by atoms with Gasteiger partial charge in [0.25, 0.3) is 0 Å². The molecule has 1 aliphatic rings. The maximum atomic E-state index is 5.73. The Bertz CT molecular complexity index is 534. The van der Waals surface area contributed by atoms with Gasteiger partial charge < -0.3 is 15.0 Å². The molecule has 0 spiro atoms. The van der Waals surface area contributed by atoms with Gasteiger partial charge in [0.2, 0.25) is 5.88 Å². The lowest BCUT2D eigenvalue weighted by Crippen LogP contribution is -2.05. The Morgan fingerprint density at radius 3 is 3.00 bits per heavy atom.